The summed E-state index contributed by atoms with van der Waals surface area (Å²) >= 11 is 0. The largest absolute Gasteiger partial charge is 0.115 e. The molecule has 0 radical (unpaired) electrons. The summed E-state index contributed by atoms with van der Waals surface area (Å²) in [5.74, 6) is 5.76. The van der Waals surface area contributed by atoms with Gasteiger partial charge in [-0.05, 0) is 41.8 Å². The summed E-state index contributed by atoms with van der Waals surface area (Å²) in [5.41, 5.74) is 4.50. The van der Waals surface area contributed by atoms with Gasteiger partial charge in [-0.25, -0.2) is 0 Å². The van der Waals surface area contributed by atoms with Crippen molar-refractivity contribution in [3.8, 4) is 24.7 Å². The summed E-state index contributed by atoms with van der Waals surface area (Å²) in [6.45, 7) is 2.23. The average Bonchev–Trinajstić information content (AvgIpc) is 2.59. The molecular weight excluding hydrogens is 264 g/mol. The summed E-state index contributed by atoms with van der Waals surface area (Å²) in [6, 6.07) is 16.7. The molecule has 0 unspecified atom stereocenters. The van der Waals surface area contributed by atoms with E-state index in [9.17, 15) is 0 Å². The van der Waals surface area contributed by atoms with Gasteiger partial charge in [-0.3, -0.25) is 0 Å². The minimum Gasteiger partial charge on any atom is -0.115 e. The Labute approximate surface area is 134 Å². The summed E-state index contributed by atoms with van der Waals surface area (Å²) < 4.78 is 0. The molecule has 0 heterocycles. The maximum atomic E-state index is 5.45. The number of terminal acetylenes is 2. The normalized spacial score (nSPS) is 10.2. The Hall–Kier alpha value is -2.44. The molecule has 0 aliphatic heterocycles. The molecule has 0 bridgehead atoms. The van der Waals surface area contributed by atoms with Crippen molar-refractivity contribution < 1.29 is 0 Å². The van der Waals surface area contributed by atoms with Gasteiger partial charge in [0.25, 0.3) is 0 Å². The predicted molar refractivity (Wildman–Crippen MR) is 94.7 cm³/mol. The van der Waals surface area contributed by atoms with Crippen LogP contribution in [0.1, 0.15) is 60.8 Å². The molecule has 2 rings (SSSR count). The van der Waals surface area contributed by atoms with E-state index in [0.717, 1.165) is 17.5 Å². The first-order valence-corrected chi connectivity index (χ1v) is 7.91. The number of benzene rings is 2. The second-order valence-electron chi connectivity index (χ2n) is 5.58. The minimum atomic E-state index is 0.408. The Balaban J connectivity index is 2.28. The number of rotatable bonds is 6. The van der Waals surface area contributed by atoms with E-state index < -0.39 is 0 Å². The average molecular weight is 286 g/mol. The SMILES string of the molecule is C#Cc1ccc(C(CCCCC)c2ccc(C#C)cc2)cc1. The van der Waals surface area contributed by atoms with E-state index in [2.05, 4.69) is 43.0 Å². The molecule has 2 aromatic carbocycles. The van der Waals surface area contributed by atoms with E-state index >= 15 is 0 Å². The van der Waals surface area contributed by atoms with Crippen LogP contribution in [0.5, 0.6) is 0 Å². The highest BCUT2D eigenvalue weighted by Crippen LogP contribution is 2.30. The topological polar surface area (TPSA) is 0 Å². The molecule has 22 heavy (non-hydrogen) atoms. The first-order valence-electron chi connectivity index (χ1n) is 7.91. The van der Waals surface area contributed by atoms with E-state index in [-0.39, 0.29) is 0 Å². The van der Waals surface area contributed by atoms with Crippen LogP contribution in [0.25, 0.3) is 0 Å². The fourth-order valence-electron chi connectivity index (χ4n) is 2.75. The van der Waals surface area contributed by atoms with Crippen molar-refractivity contribution in [2.24, 2.45) is 0 Å². The van der Waals surface area contributed by atoms with Gasteiger partial charge in [0.2, 0.25) is 0 Å². The third kappa shape index (κ3) is 4.03. The zero-order valence-corrected chi connectivity index (χ0v) is 13.2. The summed E-state index contributed by atoms with van der Waals surface area (Å²) in [6.07, 6.45) is 15.8. The Bertz CT molecular complexity index is 602. The van der Waals surface area contributed by atoms with Crippen LogP contribution in [0, 0.1) is 24.7 Å². The molecule has 0 saturated heterocycles. The lowest BCUT2D eigenvalue weighted by Crippen LogP contribution is -2.02. The van der Waals surface area contributed by atoms with Crippen molar-refractivity contribution in [3.05, 3.63) is 70.8 Å². The van der Waals surface area contributed by atoms with E-state index in [1.807, 2.05) is 24.3 Å². The van der Waals surface area contributed by atoms with Crippen LogP contribution in [0.15, 0.2) is 48.5 Å². The second-order valence-corrected chi connectivity index (χ2v) is 5.58. The Morgan fingerprint density at radius 2 is 1.23 bits per heavy atom. The van der Waals surface area contributed by atoms with E-state index in [1.165, 1.54) is 30.4 Å². The molecule has 110 valence electrons. The van der Waals surface area contributed by atoms with E-state index in [4.69, 9.17) is 12.8 Å². The third-order valence-corrected chi connectivity index (χ3v) is 4.06. The highest BCUT2D eigenvalue weighted by Gasteiger charge is 2.13. The van der Waals surface area contributed by atoms with Crippen LogP contribution in [0.2, 0.25) is 0 Å². The molecule has 0 heteroatoms. The maximum Gasteiger partial charge on any atom is 0.0242 e. The standard InChI is InChI=1S/C22H22/c1-4-7-8-9-22(20-14-10-18(5-2)11-15-20)21-16-12-19(6-3)13-17-21/h2-3,10-17,22H,4,7-9H2,1H3. The summed E-state index contributed by atoms with van der Waals surface area (Å²) in [5, 5.41) is 0. The molecule has 0 aliphatic rings. The molecule has 0 fully saturated rings. The van der Waals surface area contributed by atoms with E-state index in [1.54, 1.807) is 0 Å². The highest BCUT2D eigenvalue weighted by atomic mass is 14.2. The lowest BCUT2D eigenvalue weighted by molar-refractivity contribution is 0.618. The van der Waals surface area contributed by atoms with E-state index in [0.29, 0.717) is 5.92 Å². The van der Waals surface area contributed by atoms with Crippen molar-refractivity contribution in [3.63, 3.8) is 0 Å². The second kappa shape index (κ2) is 8.11. The molecule has 0 spiro atoms. The van der Waals surface area contributed by atoms with Gasteiger partial charge >= 0.3 is 0 Å². The Kier molecular flexibility index (Phi) is 5.88. The van der Waals surface area contributed by atoms with Gasteiger partial charge in [0.1, 0.15) is 0 Å². The Morgan fingerprint density at radius 1 is 0.773 bits per heavy atom. The first kappa shape index (κ1) is 15.9. The quantitative estimate of drug-likeness (QED) is 0.495. The molecule has 2 aromatic rings. The fourth-order valence-corrected chi connectivity index (χ4v) is 2.75. The predicted octanol–water partition coefficient (Wildman–Crippen LogP) is 5.36. The van der Waals surface area contributed by atoms with Crippen LogP contribution < -0.4 is 0 Å². The van der Waals surface area contributed by atoms with Gasteiger partial charge in [0.15, 0.2) is 0 Å². The van der Waals surface area contributed by atoms with Crippen molar-refractivity contribution in [1.82, 2.24) is 0 Å². The van der Waals surface area contributed by atoms with Crippen molar-refractivity contribution >= 4 is 0 Å². The fraction of sp³-hybridized carbons (Fsp3) is 0.273. The molecule has 0 aliphatic carbocycles. The summed E-state index contributed by atoms with van der Waals surface area (Å²) in [7, 11) is 0. The number of unbranched alkanes of at least 4 members (excludes halogenated alkanes) is 2. The zero-order valence-electron chi connectivity index (χ0n) is 13.2. The van der Waals surface area contributed by atoms with Gasteiger partial charge in [-0.15, -0.1) is 12.8 Å². The van der Waals surface area contributed by atoms with Gasteiger partial charge in [0, 0.05) is 17.0 Å². The van der Waals surface area contributed by atoms with Crippen molar-refractivity contribution in [1.29, 1.82) is 0 Å². The molecule has 0 amide bonds. The number of hydrogen-bond acceptors (Lipinski definition) is 0. The zero-order chi connectivity index (χ0) is 15.8. The molecule has 0 nitrogen and oxygen atoms in total. The van der Waals surface area contributed by atoms with Gasteiger partial charge < -0.3 is 0 Å². The third-order valence-electron chi connectivity index (χ3n) is 4.06. The monoisotopic (exact) mass is 286 g/mol. The van der Waals surface area contributed by atoms with Crippen molar-refractivity contribution in [2.45, 2.75) is 38.5 Å². The number of hydrogen-bond donors (Lipinski definition) is 0. The molecule has 0 saturated carbocycles. The van der Waals surface area contributed by atoms with Crippen LogP contribution in [-0.2, 0) is 0 Å². The maximum absolute atomic E-state index is 5.45. The lowest BCUT2D eigenvalue weighted by Gasteiger charge is -2.18. The van der Waals surface area contributed by atoms with Gasteiger partial charge in [-0.2, -0.15) is 0 Å². The smallest absolute Gasteiger partial charge is 0.0242 e. The molecular formula is C22H22. The van der Waals surface area contributed by atoms with Gasteiger partial charge in [0.05, 0.1) is 0 Å². The lowest BCUT2D eigenvalue weighted by atomic mass is 9.86. The van der Waals surface area contributed by atoms with Crippen LogP contribution in [-0.4, -0.2) is 0 Å². The Morgan fingerprint density at radius 3 is 1.59 bits per heavy atom. The van der Waals surface area contributed by atoms with Crippen LogP contribution >= 0.6 is 0 Å². The van der Waals surface area contributed by atoms with Crippen LogP contribution in [0.4, 0.5) is 0 Å². The molecule has 0 aromatic heterocycles. The molecule has 0 N–H and O–H groups in total. The highest BCUT2D eigenvalue weighted by molar-refractivity contribution is 5.41. The van der Waals surface area contributed by atoms with Gasteiger partial charge in [-0.1, -0.05) is 62.3 Å². The van der Waals surface area contributed by atoms with Crippen molar-refractivity contribution in [2.75, 3.05) is 0 Å². The summed E-state index contributed by atoms with van der Waals surface area (Å²) in [4.78, 5) is 0. The molecule has 0 atom stereocenters. The van der Waals surface area contributed by atoms with Crippen LogP contribution in [0.3, 0.4) is 0 Å². The first-order chi connectivity index (χ1) is 10.8. The minimum absolute atomic E-state index is 0.408.